The molecule has 3 rings (SSSR count). The first-order valence-electron chi connectivity index (χ1n) is 9.90. The number of amides is 1. The Morgan fingerprint density at radius 3 is 2.32 bits per heavy atom. The van der Waals surface area contributed by atoms with Crippen LogP contribution >= 0.6 is 0 Å². The molecule has 7 heteroatoms. The van der Waals surface area contributed by atoms with Gasteiger partial charge in [-0.15, -0.1) is 0 Å². The second-order valence-electron chi connectivity index (χ2n) is 7.23. The lowest BCUT2D eigenvalue weighted by Gasteiger charge is -2.34. The summed E-state index contributed by atoms with van der Waals surface area (Å²) in [6, 6.07) is 9.44. The zero-order chi connectivity index (χ0) is 20.3. The Labute approximate surface area is 164 Å². The van der Waals surface area contributed by atoms with Crippen molar-refractivity contribution < 1.29 is 4.79 Å². The van der Waals surface area contributed by atoms with Gasteiger partial charge in [-0.3, -0.25) is 18.7 Å². The monoisotopic (exact) mass is 384 g/mol. The van der Waals surface area contributed by atoms with Crippen LogP contribution in [-0.4, -0.2) is 28.1 Å². The zero-order valence-electron chi connectivity index (χ0n) is 16.8. The predicted molar refractivity (Wildman–Crippen MR) is 111 cm³/mol. The van der Waals surface area contributed by atoms with E-state index in [1.54, 1.807) is 4.57 Å². The SMILES string of the molecule is CCc1ccc(NC(=O)C2CCN(c3cc(=O)n(C)c(=O)n3CC)CC2)cc1. The molecule has 1 fully saturated rings. The van der Waals surface area contributed by atoms with Gasteiger partial charge < -0.3 is 10.2 Å². The Bertz CT molecular complexity index is 951. The molecule has 2 aromatic rings. The standard InChI is InChI=1S/C21H28N4O3/c1-4-15-6-8-17(9-7-15)22-20(27)16-10-12-24(13-11-16)18-14-19(26)23(3)21(28)25(18)5-2/h6-9,14,16H,4-5,10-13H2,1-3H3,(H,22,27). The molecule has 0 radical (unpaired) electrons. The highest BCUT2D eigenvalue weighted by atomic mass is 16.2. The van der Waals surface area contributed by atoms with Gasteiger partial charge in [-0.05, 0) is 43.9 Å². The van der Waals surface area contributed by atoms with E-state index in [0.717, 1.165) is 16.7 Å². The molecule has 1 aromatic carbocycles. The Hall–Kier alpha value is -2.83. The lowest BCUT2D eigenvalue weighted by molar-refractivity contribution is -0.120. The van der Waals surface area contributed by atoms with E-state index in [-0.39, 0.29) is 23.1 Å². The van der Waals surface area contributed by atoms with Crippen molar-refractivity contribution in [3.8, 4) is 0 Å². The number of carbonyl (C=O) groups excluding carboxylic acids is 1. The first-order valence-corrected chi connectivity index (χ1v) is 9.90. The second-order valence-corrected chi connectivity index (χ2v) is 7.23. The van der Waals surface area contributed by atoms with E-state index in [9.17, 15) is 14.4 Å². The molecule has 0 unspecified atom stereocenters. The molecule has 1 aliphatic rings. The largest absolute Gasteiger partial charge is 0.358 e. The molecule has 1 N–H and O–H groups in total. The van der Waals surface area contributed by atoms with Crippen LogP contribution in [0, 0.1) is 5.92 Å². The maximum atomic E-state index is 12.6. The minimum Gasteiger partial charge on any atom is -0.358 e. The number of nitrogens with one attached hydrogen (secondary N) is 1. The fourth-order valence-corrected chi connectivity index (χ4v) is 3.66. The quantitative estimate of drug-likeness (QED) is 0.855. The van der Waals surface area contributed by atoms with Gasteiger partial charge in [0.15, 0.2) is 0 Å². The van der Waals surface area contributed by atoms with E-state index in [1.807, 2.05) is 36.1 Å². The summed E-state index contributed by atoms with van der Waals surface area (Å²) < 4.78 is 2.73. The molecular formula is C21H28N4O3. The molecule has 7 nitrogen and oxygen atoms in total. The van der Waals surface area contributed by atoms with E-state index in [4.69, 9.17) is 0 Å². The van der Waals surface area contributed by atoms with Gasteiger partial charge >= 0.3 is 5.69 Å². The van der Waals surface area contributed by atoms with Crippen LogP contribution < -0.4 is 21.5 Å². The van der Waals surface area contributed by atoms with Crippen molar-refractivity contribution in [1.29, 1.82) is 0 Å². The number of benzene rings is 1. The predicted octanol–water partition coefficient (Wildman–Crippen LogP) is 1.98. The Morgan fingerprint density at radius 2 is 1.75 bits per heavy atom. The Morgan fingerprint density at radius 1 is 1.11 bits per heavy atom. The van der Waals surface area contributed by atoms with E-state index in [2.05, 4.69) is 12.2 Å². The smallest absolute Gasteiger partial charge is 0.332 e. The summed E-state index contributed by atoms with van der Waals surface area (Å²) in [5.41, 5.74) is 1.44. The lowest BCUT2D eigenvalue weighted by atomic mass is 9.95. The minimum atomic E-state index is -0.305. The third-order valence-electron chi connectivity index (χ3n) is 5.51. The highest BCUT2D eigenvalue weighted by molar-refractivity contribution is 5.92. The number of aromatic nitrogens is 2. The zero-order valence-corrected chi connectivity index (χ0v) is 16.8. The van der Waals surface area contributed by atoms with Gasteiger partial charge in [0.1, 0.15) is 5.82 Å². The van der Waals surface area contributed by atoms with Gasteiger partial charge in [-0.25, -0.2) is 4.79 Å². The van der Waals surface area contributed by atoms with Crippen molar-refractivity contribution in [2.45, 2.75) is 39.7 Å². The highest BCUT2D eigenvalue weighted by Gasteiger charge is 2.27. The van der Waals surface area contributed by atoms with Crippen molar-refractivity contribution >= 4 is 17.4 Å². The third kappa shape index (κ3) is 4.03. The third-order valence-corrected chi connectivity index (χ3v) is 5.51. The molecule has 0 atom stereocenters. The molecule has 0 saturated carbocycles. The minimum absolute atomic E-state index is 0.0285. The van der Waals surface area contributed by atoms with Crippen LogP contribution in [0.3, 0.4) is 0 Å². The summed E-state index contributed by atoms with van der Waals surface area (Å²) in [5.74, 6) is 0.598. The van der Waals surface area contributed by atoms with Crippen LogP contribution in [0.1, 0.15) is 32.3 Å². The van der Waals surface area contributed by atoms with E-state index in [1.165, 1.54) is 18.7 Å². The Kier molecular flexibility index (Phi) is 6.02. The Balaban J connectivity index is 1.66. The molecule has 0 bridgehead atoms. The number of carbonyl (C=O) groups is 1. The van der Waals surface area contributed by atoms with Crippen molar-refractivity contribution in [1.82, 2.24) is 9.13 Å². The number of hydrogen-bond acceptors (Lipinski definition) is 4. The maximum Gasteiger partial charge on any atom is 0.332 e. The summed E-state index contributed by atoms with van der Waals surface area (Å²) in [4.78, 5) is 39.0. The van der Waals surface area contributed by atoms with Crippen LogP contribution in [0.2, 0.25) is 0 Å². The molecule has 1 amide bonds. The first kappa shape index (κ1) is 19.9. The topological polar surface area (TPSA) is 76.3 Å². The van der Waals surface area contributed by atoms with E-state index < -0.39 is 0 Å². The van der Waals surface area contributed by atoms with Crippen LogP contribution in [-0.2, 0) is 24.8 Å². The van der Waals surface area contributed by atoms with Gasteiger partial charge in [0.05, 0.1) is 0 Å². The summed E-state index contributed by atoms with van der Waals surface area (Å²) in [6.07, 6.45) is 2.34. The molecule has 0 spiro atoms. The second kappa shape index (κ2) is 8.46. The number of nitrogens with zero attached hydrogens (tertiary/aromatic N) is 3. The average Bonchev–Trinajstić information content (AvgIpc) is 2.72. The summed E-state index contributed by atoms with van der Waals surface area (Å²) >= 11 is 0. The first-order chi connectivity index (χ1) is 13.4. The number of hydrogen-bond donors (Lipinski definition) is 1. The van der Waals surface area contributed by atoms with Gasteiger partial charge in [-0.2, -0.15) is 0 Å². The van der Waals surface area contributed by atoms with Crippen molar-refractivity contribution in [2.24, 2.45) is 13.0 Å². The van der Waals surface area contributed by atoms with Crippen molar-refractivity contribution in [3.05, 3.63) is 56.7 Å². The summed E-state index contributed by atoms with van der Waals surface area (Å²) in [6.45, 7) is 5.76. The number of piperidine rings is 1. The maximum absolute atomic E-state index is 12.6. The van der Waals surface area contributed by atoms with Crippen LogP contribution in [0.5, 0.6) is 0 Å². The number of aryl methyl sites for hydroxylation is 1. The van der Waals surface area contributed by atoms with Gasteiger partial charge in [0.2, 0.25) is 5.91 Å². The molecule has 150 valence electrons. The summed E-state index contributed by atoms with van der Waals surface area (Å²) in [7, 11) is 1.49. The van der Waals surface area contributed by atoms with E-state index in [0.29, 0.717) is 38.3 Å². The molecule has 0 aliphatic carbocycles. The molecule has 1 aromatic heterocycles. The van der Waals surface area contributed by atoms with Crippen LogP contribution in [0.15, 0.2) is 39.9 Å². The van der Waals surface area contributed by atoms with Crippen molar-refractivity contribution in [2.75, 3.05) is 23.3 Å². The molecule has 2 heterocycles. The molecule has 1 aliphatic heterocycles. The van der Waals surface area contributed by atoms with Crippen LogP contribution in [0.4, 0.5) is 11.5 Å². The van der Waals surface area contributed by atoms with Crippen molar-refractivity contribution in [3.63, 3.8) is 0 Å². The lowest BCUT2D eigenvalue weighted by Crippen LogP contribution is -2.44. The normalized spacial score (nSPS) is 14.9. The average molecular weight is 384 g/mol. The molecule has 1 saturated heterocycles. The highest BCUT2D eigenvalue weighted by Crippen LogP contribution is 2.23. The van der Waals surface area contributed by atoms with Gasteiger partial charge in [0, 0.05) is 44.4 Å². The fourth-order valence-electron chi connectivity index (χ4n) is 3.66. The molecular weight excluding hydrogens is 356 g/mol. The number of rotatable bonds is 5. The van der Waals surface area contributed by atoms with E-state index >= 15 is 0 Å². The number of anilines is 2. The van der Waals surface area contributed by atoms with Crippen LogP contribution in [0.25, 0.3) is 0 Å². The fraction of sp³-hybridized carbons (Fsp3) is 0.476. The summed E-state index contributed by atoms with van der Waals surface area (Å²) in [5, 5.41) is 3.00. The van der Waals surface area contributed by atoms with Gasteiger partial charge in [0.25, 0.3) is 5.56 Å². The van der Waals surface area contributed by atoms with Gasteiger partial charge in [-0.1, -0.05) is 19.1 Å². The molecule has 28 heavy (non-hydrogen) atoms.